The lowest BCUT2D eigenvalue weighted by molar-refractivity contribution is -0.142. The Morgan fingerprint density at radius 2 is 1.93 bits per heavy atom. The van der Waals surface area contributed by atoms with Gasteiger partial charge in [0.1, 0.15) is 5.75 Å². The van der Waals surface area contributed by atoms with Crippen LogP contribution in [0.25, 0.3) is 0 Å². The Balaban J connectivity index is 1.52. The number of aromatic hydroxyl groups is 1. The summed E-state index contributed by atoms with van der Waals surface area (Å²) >= 11 is 0. The van der Waals surface area contributed by atoms with Crippen molar-refractivity contribution in [3.63, 3.8) is 0 Å². The van der Waals surface area contributed by atoms with Gasteiger partial charge >= 0.3 is 0 Å². The summed E-state index contributed by atoms with van der Waals surface area (Å²) in [6.07, 6.45) is 8.21. The number of nitrogens with zero attached hydrogens (tertiary/aromatic N) is 2. The highest BCUT2D eigenvalue weighted by molar-refractivity contribution is 5.97. The predicted octanol–water partition coefficient (Wildman–Crippen LogP) is 3.49. The number of hydrogen-bond acceptors (Lipinski definition) is 3. The predicted molar refractivity (Wildman–Crippen MR) is 104 cm³/mol. The average molecular weight is 370 g/mol. The second kappa shape index (κ2) is 7.17. The van der Waals surface area contributed by atoms with Gasteiger partial charge in [-0.15, -0.1) is 0 Å². The normalized spacial score (nSPS) is 26.8. The Morgan fingerprint density at radius 1 is 1.15 bits per heavy atom. The van der Waals surface area contributed by atoms with E-state index in [1.54, 1.807) is 6.07 Å². The number of aryl methyl sites for hydroxylation is 1. The average Bonchev–Trinajstić information content (AvgIpc) is 3.20. The van der Waals surface area contributed by atoms with Gasteiger partial charge in [-0.3, -0.25) is 9.59 Å². The second-order valence-electron chi connectivity index (χ2n) is 8.76. The molecule has 27 heavy (non-hydrogen) atoms. The maximum absolute atomic E-state index is 13.1. The number of carbonyl (C=O) groups excluding carboxylic acids is 2. The van der Waals surface area contributed by atoms with E-state index in [4.69, 9.17) is 0 Å². The van der Waals surface area contributed by atoms with Crippen molar-refractivity contribution in [2.45, 2.75) is 64.3 Å². The maximum Gasteiger partial charge on any atom is 0.257 e. The fourth-order valence-electron chi connectivity index (χ4n) is 5.31. The Kier molecular flexibility index (Phi) is 4.87. The van der Waals surface area contributed by atoms with Crippen LogP contribution in [0.3, 0.4) is 0 Å². The van der Waals surface area contributed by atoms with Crippen LogP contribution >= 0.6 is 0 Å². The third-order valence-corrected chi connectivity index (χ3v) is 6.88. The van der Waals surface area contributed by atoms with Gasteiger partial charge in [-0.25, -0.2) is 0 Å². The molecule has 146 valence electrons. The monoisotopic (exact) mass is 370 g/mol. The van der Waals surface area contributed by atoms with Crippen LogP contribution in [0.15, 0.2) is 18.2 Å². The molecule has 0 aromatic heterocycles. The minimum atomic E-state index is -0.0837. The Bertz CT molecular complexity index is 741. The van der Waals surface area contributed by atoms with Crippen molar-refractivity contribution in [3.05, 3.63) is 29.3 Å². The van der Waals surface area contributed by atoms with Gasteiger partial charge < -0.3 is 14.9 Å². The zero-order chi connectivity index (χ0) is 19.0. The van der Waals surface area contributed by atoms with Crippen molar-refractivity contribution in [3.8, 4) is 5.75 Å². The van der Waals surface area contributed by atoms with Crippen molar-refractivity contribution in [1.82, 2.24) is 9.80 Å². The summed E-state index contributed by atoms with van der Waals surface area (Å²) in [4.78, 5) is 29.7. The molecule has 2 aliphatic heterocycles. The zero-order valence-electron chi connectivity index (χ0n) is 16.2. The molecule has 1 aliphatic carbocycles. The molecule has 1 spiro atoms. The van der Waals surface area contributed by atoms with Crippen LogP contribution < -0.4 is 0 Å². The van der Waals surface area contributed by atoms with Gasteiger partial charge in [-0.05, 0) is 50.7 Å². The topological polar surface area (TPSA) is 60.9 Å². The fourth-order valence-corrected chi connectivity index (χ4v) is 5.31. The number of carbonyl (C=O) groups is 2. The summed E-state index contributed by atoms with van der Waals surface area (Å²) in [6, 6.07) is 5.75. The third-order valence-electron chi connectivity index (χ3n) is 6.88. The highest BCUT2D eigenvalue weighted by Crippen LogP contribution is 2.41. The quantitative estimate of drug-likeness (QED) is 0.867. The van der Waals surface area contributed by atoms with E-state index < -0.39 is 0 Å². The highest BCUT2D eigenvalue weighted by atomic mass is 16.3. The zero-order valence-corrected chi connectivity index (χ0v) is 16.2. The SMILES string of the molecule is Cc1cccc(C(=O)N2CCC[C@]3(CCC(=O)N(C4CCCC4)C3)C2)c1O. The van der Waals surface area contributed by atoms with Crippen LogP contribution in [0.2, 0.25) is 0 Å². The third kappa shape index (κ3) is 3.44. The molecule has 5 heteroatoms. The van der Waals surface area contributed by atoms with Crippen LogP contribution in [0.1, 0.15) is 67.3 Å². The molecule has 0 radical (unpaired) electrons. The number of phenolic OH excluding ortho intramolecular Hbond substituents is 1. The Hall–Kier alpha value is -2.04. The summed E-state index contributed by atoms with van der Waals surface area (Å²) in [7, 11) is 0. The highest BCUT2D eigenvalue weighted by Gasteiger charge is 2.44. The Labute approximate surface area is 161 Å². The van der Waals surface area contributed by atoms with Crippen LogP contribution in [-0.2, 0) is 4.79 Å². The number of piperidine rings is 2. The first-order chi connectivity index (χ1) is 13.0. The lowest BCUT2D eigenvalue weighted by Crippen LogP contribution is -2.56. The number of benzene rings is 1. The standard InChI is InChI=1S/C22H30N2O3/c1-16-6-4-9-18(20(16)26)21(27)23-13-5-11-22(14-23)12-10-19(25)24(15-22)17-7-2-3-8-17/h4,6,9,17,26H,2-3,5,7-8,10-15H2,1H3/t22-/m0/s1. The van der Waals surface area contributed by atoms with Crippen molar-refractivity contribution in [1.29, 1.82) is 0 Å². The van der Waals surface area contributed by atoms with E-state index in [1.165, 1.54) is 12.8 Å². The molecule has 4 rings (SSSR count). The molecule has 2 amide bonds. The Morgan fingerprint density at radius 3 is 2.70 bits per heavy atom. The molecule has 5 nitrogen and oxygen atoms in total. The summed E-state index contributed by atoms with van der Waals surface area (Å²) in [6.45, 7) is 4.02. The van der Waals surface area contributed by atoms with Crippen molar-refractivity contribution >= 4 is 11.8 Å². The fraction of sp³-hybridized carbons (Fsp3) is 0.636. The summed E-state index contributed by atoms with van der Waals surface area (Å²) in [5, 5.41) is 10.3. The van der Waals surface area contributed by atoms with Gasteiger partial charge in [0.15, 0.2) is 0 Å². The van der Waals surface area contributed by atoms with Crippen LogP contribution in [0.5, 0.6) is 5.75 Å². The minimum absolute atomic E-state index is 0.0177. The van der Waals surface area contributed by atoms with Crippen molar-refractivity contribution in [2.24, 2.45) is 5.41 Å². The maximum atomic E-state index is 13.1. The van der Waals surface area contributed by atoms with E-state index in [0.29, 0.717) is 30.5 Å². The summed E-state index contributed by atoms with van der Waals surface area (Å²) in [5.74, 6) is 0.306. The first kappa shape index (κ1) is 18.3. The molecular weight excluding hydrogens is 340 g/mol. The largest absolute Gasteiger partial charge is 0.507 e. The molecule has 2 saturated heterocycles. The smallest absolute Gasteiger partial charge is 0.257 e. The number of hydrogen-bond donors (Lipinski definition) is 1. The van der Waals surface area contributed by atoms with Gasteiger partial charge in [-0.2, -0.15) is 0 Å². The first-order valence-electron chi connectivity index (χ1n) is 10.4. The molecule has 0 bridgehead atoms. The van der Waals surface area contributed by atoms with Crippen molar-refractivity contribution < 1.29 is 14.7 Å². The van der Waals surface area contributed by atoms with Crippen molar-refractivity contribution in [2.75, 3.05) is 19.6 Å². The van der Waals surface area contributed by atoms with E-state index >= 15 is 0 Å². The van der Waals surface area contributed by atoms with Gasteiger partial charge in [0.2, 0.25) is 5.91 Å². The molecule has 3 aliphatic rings. The van der Waals surface area contributed by atoms with Crippen LogP contribution in [-0.4, -0.2) is 52.4 Å². The van der Waals surface area contributed by atoms with Crippen LogP contribution in [0, 0.1) is 12.3 Å². The lowest BCUT2D eigenvalue weighted by atomic mass is 9.73. The minimum Gasteiger partial charge on any atom is -0.507 e. The molecule has 0 unspecified atom stereocenters. The molecule has 1 aromatic carbocycles. The number of phenols is 1. The molecule has 1 aromatic rings. The van der Waals surface area contributed by atoms with Gasteiger partial charge in [-0.1, -0.05) is 25.0 Å². The van der Waals surface area contributed by atoms with E-state index in [-0.39, 0.29) is 17.1 Å². The van der Waals surface area contributed by atoms with Gasteiger partial charge in [0, 0.05) is 37.5 Å². The molecular formula is C22H30N2O3. The van der Waals surface area contributed by atoms with Gasteiger partial charge in [0.25, 0.3) is 5.91 Å². The summed E-state index contributed by atoms with van der Waals surface area (Å²) in [5.41, 5.74) is 1.14. The lowest BCUT2D eigenvalue weighted by Gasteiger charge is -2.49. The van der Waals surface area contributed by atoms with E-state index in [1.807, 2.05) is 24.0 Å². The number of likely N-dealkylation sites (tertiary alicyclic amines) is 2. The molecule has 3 fully saturated rings. The van der Waals surface area contributed by atoms with Gasteiger partial charge in [0.05, 0.1) is 5.56 Å². The number of para-hydroxylation sites is 1. The van der Waals surface area contributed by atoms with E-state index in [9.17, 15) is 14.7 Å². The first-order valence-corrected chi connectivity index (χ1v) is 10.4. The number of rotatable bonds is 2. The molecule has 1 atom stereocenters. The molecule has 2 heterocycles. The van der Waals surface area contributed by atoms with E-state index in [0.717, 1.165) is 50.8 Å². The van der Waals surface area contributed by atoms with Crippen LogP contribution in [0.4, 0.5) is 0 Å². The molecule has 1 saturated carbocycles. The number of amides is 2. The van der Waals surface area contributed by atoms with E-state index in [2.05, 4.69) is 4.90 Å². The molecule has 1 N–H and O–H groups in total. The summed E-state index contributed by atoms with van der Waals surface area (Å²) < 4.78 is 0. The second-order valence-corrected chi connectivity index (χ2v) is 8.76.